The first-order chi connectivity index (χ1) is 13.9. The first-order valence-electron chi connectivity index (χ1n) is 8.90. The highest BCUT2D eigenvalue weighted by Gasteiger charge is 2.13. The lowest BCUT2D eigenvalue weighted by molar-refractivity contribution is -0.122. The number of hydrogen-bond donors (Lipinski definition) is 2. The van der Waals surface area contributed by atoms with E-state index >= 15 is 0 Å². The van der Waals surface area contributed by atoms with Crippen molar-refractivity contribution >= 4 is 35.0 Å². The van der Waals surface area contributed by atoms with Crippen molar-refractivity contribution in [2.24, 2.45) is 0 Å². The molecule has 0 aliphatic rings. The Morgan fingerprint density at radius 2 is 1.93 bits per heavy atom. The fourth-order valence-electron chi connectivity index (χ4n) is 2.77. The predicted molar refractivity (Wildman–Crippen MR) is 110 cm³/mol. The van der Waals surface area contributed by atoms with E-state index in [4.69, 9.17) is 4.74 Å². The third-order valence-corrected chi connectivity index (χ3v) is 5.00. The van der Waals surface area contributed by atoms with Crippen molar-refractivity contribution in [3.05, 3.63) is 41.2 Å². The van der Waals surface area contributed by atoms with E-state index in [0.717, 1.165) is 17.0 Å². The standard InChI is InChI=1S/C19H22N6O3S/c1-11-5-6-15(28-4)14(7-11)22-16(26)9-20-17(27)10-29-19-24-23-18-21-12(2)8-13(3)25(18)19/h5-8H,9-10H2,1-4H3,(H,20,27)(H,22,26). The monoisotopic (exact) mass is 414 g/mol. The topological polar surface area (TPSA) is 111 Å². The summed E-state index contributed by atoms with van der Waals surface area (Å²) in [5, 5.41) is 14.0. The lowest BCUT2D eigenvalue weighted by atomic mass is 10.2. The van der Waals surface area contributed by atoms with Crippen LogP contribution in [0.15, 0.2) is 29.4 Å². The van der Waals surface area contributed by atoms with E-state index in [0.29, 0.717) is 22.4 Å². The van der Waals surface area contributed by atoms with Crippen LogP contribution in [0.1, 0.15) is 17.0 Å². The summed E-state index contributed by atoms with van der Waals surface area (Å²) < 4.78 is 7.03. The molecule has 1 aromatic carbocycles. The molecule has 29 heavy (non-hydrogen) atoms. The van der Waals surface area contributed by atoms with Crippen LogP contribution < -0.4 is 15.4 Å². The molecule has 2 heterocycles. The smallest absolute Gasteiger partial charge is 0.256 e. The van der Waals surface area contributed by atoms with Crippen LogP contribution in [0, 0.1) is 20.8 Å². The van der Waals surface area contributed by atoms with Gasteiger partial charge < -0.3 is 15.4 Å². The van der Waals surface area contributed by atoms with E-state index in [9.17, 15) is 9.59 Å². The molecular weight excluding hydrogens is 392 g/mol. The summed E-state index contributed by atoms with van der Waals surface area (Å²) in [7, 11) is 1.53. The van der Waals surface area contributed by atoms with Crippen molar-refractivity contribution in [2.75, 3.05) is 24.7 Å². The van der Waals surface area contributed by atoms with Gasteiger partial charge in [-0.25, -0.2) is 4.98 Å². The van der Waals surface area contributed by atoms with Crippen LogP contribution in [0.5, 0.6) is 5.75 Å². The maximum atomic E-state index is 12.2. The molecule has 10 heteroatoms. The zero-order valence-corrected chi connectivity index (χ0v) is 17.5. The number of rotatable bonds is 7. The normalized spacial score (nSPS) is 10.8. The highest BCUT2D eigenvalue weighted by atomic mass is 32.2. The van der Waals surface area contributed by atoms with Crippen LogP contribution in [0.2, 0.25) is 0 Å². The SMILES string of the molecule is COc1ccc(C)cc1NC(=O)CNC(=O)CSc1nnc2nc(C)cc(C)n12. The average Bonchev–Trinajstić information content (AvgIpc) is 3.08. The number of nitrogens with zero attached hydrogens (tertiary/aromatic N) is 4. The van der Waals surface area contributed by atoms with Crippen LogP contribution in [-0.2, 0) is 9.59 Å². The summed E-state index contributed by atoms with van der Waals surface area (Å²) in [6, 6.07) is 7.40. The number of anilines is 1. The lowest BCUT2D eigenvalue weighted by Crippen LogP contribution is -2.34. The highest BCUT2D eigenvalue weighted by Crippen LogP contribution is 2.25. The molecule has 0 unspecified atom stereocenters. The number of methoxy groups -OCH3 is 1. The van der Waals surface area contributed by atoms with Gasteiger partial charge in [0.2, 0.25) is 11.8 Å². The summed E-state index contributed by atoms with van der Waals surface area (Å²) in [5.74, 6) is 0.543. The molecule has 0 aliphatic heterocycles. The minimum atomic E-state index is -0.337. The molecule has 0 atom stereocenters. The number of aromatic nitrogens is 4. The number of thioether (sulfide) groups is 1. The number of carbonyl (C=O) groups excluding carboxylic acids is 2. The van der Waals surface area contributed by atoms with Gasteiger partial charge in [-0.3, -0.25) is 14.0 Å². The van der Waals surface area contributed by atoms with Crippen LogP contribution in [0.25, 0.3) is 5.78 Å². The Bertz CT molecular complexity index is 1070. The molecule has 3 rings (SSSR count). The van der Waals surface area contributed by atoms with Crippen LogP contribution in [-0.4, -0.2) is 50.8 Å². The largest absolute Gasteiger partial charge is 0.495 e. The second-order valence-electron chi connectivity index (χ2n) is 6.47. The van der Waals surface area contributed by atoms with Gasteiger partial charge in [-0.05, 0) is 44.5 Å². The molecule has 0 saturated heterocycles. The Labute approximate surface area is 172 Å². The molecular formula is C19H22N6O3S. The number of nitrogens with one attached hydrogen (secondary N) is 2. The first kappa shape index (κ1) is 20.6. The van der Waals surface area contributed by atoms with E-state index in [2.05, 4.69) is 25.8 Å². The molecule has 2 amide bonds. The summed E-state index contributed by atoms with van der Waals surface area (Å²) in [4.78, 5) is 28.6. The molecule has 0 aliphatic carbocycles. The van der Waals surface area contributed by atoms with Crippen molar-refractivity contribution in [1.82, 2.24) is 24.9 Å². The van der Waals surface area contributed by atoms with Gasteiger partial charge in [-0.15, -0.1) is 10.2 Å². The van der Waals surface area contributed by atoms with E-state index in [1.165, 1.54) is 18.9 Å². The number of fused-ring (bicyclic) bond motifs is 1. The van der Waals surface area contributed by atoms with Crippen molar-refractivity contribution in [3.63, 3.8) is 0 Å². The Morgan fingerprint density at radius 3 is 2.69 bits per heavy atom. The zero-order chi connectivity index (χ0) is 21.0. The van der Waals surface area contributed by atoms with Gasteiger partial charge >= 0.3 is 0 Å². The number of amides is 2. The second kappa shape index (κ2) is 8.91. The lowest BCUT2D eigenvalue weighted by Gasteiger charge is -2.11. The maximum absolute atomic E-state index is 12.2. The molecule has 152 valence electrons. The van der Waals surface area contributed by atoms with E-state index in [1.54, 1.807) is 10.5 Å². The van der Waals surface area contributed by atoms with Crippen LogP contribution >= 0.6 is 11.8 Å². The summed E-state index contributed by atoms with van der Waals surface area (Å²) in [6.07, 6.45) is 0. The number of carbonyl (C=O) groups is 2. The maximum Gasteiger partial charge on any atom is 0.256 e. The fraction of sp³-hybridized carbons (Fsp3) is 0.316. The van der Waals surface area contributed by atoms with Gasteiger partial charge in [0.25, 0.3) is 5.78 Å². The molecule has 2 aromatic heterocycles. The molecule has 0 spiro atoms. The van der Waals surface area contributed by atoms with E-state index < -0.39 is 0 Å². The Kier molecular flexibility index (Phi) is 6.32. The van der Waals surface area contributed by atoms with Crippen molar-refractivity contribution in [1.29, 1.82) is 0 Å². The molecule has 0 radical (unpaired) electrons. The Hall–Kier alpha value is -3.14. The number of benzene rings is 1. The van der Waals surface area contributed by atoms with Gasteiger partial charge in [-0.2, -0.15) is 0 Å². The van der Waals surface area contributed by atoms with Gasteiger partial charge in [0.05, 0.1) is 25.1 Å². The highest BCUT2D eigenvalue weighted by molar-refractivity contribution is 7.99. The number of hydrogen-bond acceptors (Lipinski definition) is 7. The van der Waals surface area contributed by atoms with E-state index in [1.807, 2.05) is 39.0 Å². The molecule has 3 aromatic rings. The van der Waals surface area contributed by atoms with Crippen molar-refractivity contribution in [2.45, 2.75) is 25.9 Å². The summed E-state index contributed by atoms with van der Waals surface area (Å²) >= 11 is 1.23. The Balaban J connectivity index is 1.53. The minimum absolute atomic E-state index is 0.106. The second-order valence-corrected chi connectivity index (χ2v) is 7.42. The third-order valence-electron chi connectivity index (χ3n) is 4.07. The Morgan fingerprint density at radius 1 is 1.14 bits per heavy atom. The summed E-state index contributed by atoms with van der Waals surface area (Å²) in [6.45, 7) is 5.59. The third kappa shape index (κ3) is 5.02. The molecule has 9 nitrogen and oxygen atoms in total. The number of aryl methyl sites for hydroxylation is 3. The predicted octanol–water partition coefficient (Wildman–Crippen LogP) is 1.91. The van der Waals surface area contributed by atoms with Gasteiger partial charge in [0.15, 0.2) is 5.16 Å². The first-order valence-corrected chi connectivity index (χ1v) is 9.89. The van der Waals surface area contributed by atoms with Gasteiger partial charge in [0, 0.05) is 11.4 Å². The molecule has 0 fully saturated rings. The van der Waals surface area contributed by atoms with Crippen molar-refractivity contribution < 1.29 is 14.3 Å². The van der Waals surface area contributed by atoms with E-state index in [-0.39, 0.29) is 24.1 Å². The number of ether oxygens (including phenoxy) is 1. The zero-order valence-electron chi connectivity index (χ0n) is 16.6. The van der Waals surface area contributed by atoms with Crippen LogP contribution in [0.3, 0.4) is 0 Å². The fourth-order valence-corrected chi connectivity index (χ4v) is 3.58. The summed E-state index contributed by atoms with van der Waals surface area (Å²) in [5.41, 5.74) is 3.34. The average molecular weight is 414 g/mol. The van der Waals surface area contributed by atoms with Crippen LogP contribution in [0.4, 0.5) is 5.69 Å². The minimum Gasteiger partial charge on any atom is -0.495 e. The quantitative estimate of drug-likeness (QED) is 0.568. The van der Waals surface area contributed by atoms with Gasteiger partial charge in [0.1, 0.15) is 5.75 Å². The van der Waals surface area contributed by atoms with Gasteiger partial charge in [-0.1, -0.05) is 17.8 Å². The molecule has 2 N–H and O–H groups in total. The molecule has 0 bridgehead atoms. The molecule has 0 saturated carbocycles. The van der Waals surface area contributed by atoms with Crippen molar-refractivity contribution in [3.8, 4) is 5.75 Å².